The molecular weight excluding hydrogens is 358 g/mol. The Kier molecular flexibility index (Phi) is 4.41. The van der Waals surface area contributed by atoms with E-state index in [4.69, 9.17) is 0 Å². The summed E-state index contributed by atoms with van der Waals surface area (Å²) in [6, 6.07) is 19.6. The zero-order valence-electron chi connectivity index (χ0n) is 9.48. The van der Waals surface area contributed by atoms with Gasteiger partial charge >= 0.3 is 0 Å². The Labute approximate surface area is 152 Å². The molecular formula is C15H10Y2-2. The van der Waals surface area contributed by atoms with Gasteiger partial charge in [0.05, 0.1) is 0 Å². The summed E-state index contributed by atoms with van der Waals surface area (Å²) in [4.78, 5) is 0. The Hall–Kier alpha value is 0.648. The van der Waals surface area contributed by atoms with Crippen molar-refractivity contribution in [2.45, 2.75) is 18.3 Å². The van der Waals surface area contributed by atoms with Gasteiger partial charge in [-0.2, -0.15) is 70.8 Å². The van der Waals surface area contributed by atoms with Crippen LogP contribution in [0.15, 0.2) is 36.4 Å². The molecule has 2 aromatic carbocycles. The molecule has 0 unspecified atom stereocenters. The summed E-state index contributed by atoms with van der Waals surface area (Å²) in [7, 11) is 0. The van der Waals surface area contributed by atoms with Gasteiger partial charge in [-0.05, 0) is 5.92 Å². The van der Waals surface area contributed by atoms with Crippen LogP contribution in [0.4, 0.5) is 0 Å². The molecule has 0 N–H and O–H groups in total. The van der Waals surface area contributed by atoms with Gasteiger partial charge in [0.25, 0.3) is 0 Å². The van der Waals surface area contributed by atoms with Gasteiger partial charge in [-0.3, -0.25) is 0 Å². The van der Waals surface area contributed by atoms with Gasteiger partial charge in [-0.25, -0.2) is 0 Å². The first kappa shape index (κ1) is 14.1. The van der Waals surface area contributed by atoms with Crippen LogP contribution in [-0.2, 0) is 65.4 Å². The van der Waals surface area contributed by atoms with E-state index in [1.807, 2.05) is 12.1 Å². The summed E-state index contributed by atoms with van der Waals surface area (Å²) in [6.07, 6.45) is 1.24. The molecule has 2 aliphatic rings. The Morgan fingerprint density at radius 1 is 0.824 bits per heavy atom. The Balaban J connectivity index is 0.000000540. The maximum atomic E-state index is 3.40. The topological polar surface area (TPSA) is 0 Å². The number of hydrogen-bond acceptors (Lipinski definition) is 0. The summed E-state index contributed by atoms with van der Waals surface area (Å²) in [5.41, 5.74) is 5.82. The zero-order chi connectivity index (χ0) is 9.83. The first-order chi connectivity index (χ1) is 7.45. The molecule has 2 aliphatic carbocycles. The van der Waals surface area contributed by atoms with Crippen LogP contribution in [0, 0.1) is 12.1 Å². The van der Waals surface area contributed by atoms with E-state index >= 15 is 0 Å². The number of hydrogen-bond donors (Lipinski definition) is 0. The minimum atomic E-state index is 0. The molecule has 0 nitrogen and oxygen atoms in total. The predicted molar refractivity (Wildman–Crippen MR) is 58.9 cm³/mol. The normalized spacial score (nSPS) is 22.1. The molecule has 78 valence electrons. The predicted octanol–water partition coefficient (Wildman–Crippen LogP) is 3.26. The van der Waals surface area contributed by atoms with Crippen molar-refractivity contribution in [1.82, 2.24) is 0 Å². The van der Waals surface area contributed by atoms with Gasteiger partial charge < -0.3 is 0 Å². The Morgan fingerprint density at radius 3 is 1.88 bits per heavy atom. The average molecular weight is 368 g/mol. The smallest absolute Gasteiger partial charge is 0 e. The molecule has 0 aliphatic heterocycles. The summed E-state index contributed by atoms with van der Waals surface area (Å²) in [5, 5.41) is 0. The third-order valence-corrected chi connectivity index (χ3v) is 3.76. The van der Waals surface area contributed by atoms with Crippen molar-refractivity contribution in [1.29, 1.82) is 0 Å². The van der Waals surface area contributed by atoms with E-state index in [2.05, 4.69) is 36.4 Å². The average Bonchev–Trinajstić information content (AvgIpc) is 2.86. The van der Waals surface area contributed by atoms with E-state index in [0.717, 1.165) is 0 Å². The molecule has 0 spiro atoms. The molecule has 0 saturated carbocycles. The minimum absolute atomic E-state index is 0. The summed E-state index contributed by atoms with van der Waals surface area (Å²) < 4.78 is 0. The number of fused-ring (bicyclic) bond motifs is 8. The zero-order valence-corrected chi connectivity index (χ0v) is 15.2. The van der Waals surface area contributed by atoms with Crippen molar-refractivity contribution in [3.63, 3.8) is 0 Å². The fraction of sp³-hybridized carbons (Fsp3) is 0.200. The van der Waals surface area contributed by atoms with Crippen molar-refractivity contribution in [3.8, 4) is 0 Å². The van der Waals surface area contributed by atoms with Gasteiger partial charge in [-0.15, -0.1) is 0 Å². The standard InChI is InChI=1S/C15H10.2Y/c1-2-6-11-10(5-1)14-9-15(11)13-8-4-3-7-12(13)14;;/h1-5,7,14-15H,9H2;;/q-2;;. The van der Waals surface area contributed by atoms with Crippen LogP contribution < -0.4 is 0 Å². The van der Waals surface area contributed by atoms with Crippen molar-refractivity contribution < 1.29 is 65.4 Å². The van der Waals surface area contributed by atoms with Crippen LogP contribution in [0.3, 0.4) is 0 Å². The quantitative estimate of drug-likeness (QED) is 0.627. The molecule has 2 bridgehead atoms. The van der Waals surface area contributed by atoms with Gasteiger partial charge in [0.15, 0.2) is 0 Å². The van der Waals surface area contributed by atoms with E-state index in [1.165, 1.54) is 28.7 Å². The van der Waals surface area contributed by atoms with Crippen LogP contribution in [0.25, 0.3) is 0 Å². The summed E-state index contributed by atoms with van der Waals surface area (Å²) in [5.74, 6) is 1.19. The molecule has 0 fully saturated rings. The molecule has 0 atom stereocenters. The maximum absolute atomic E-state index is 3.40. The molecule has 2 heteroatoms. The van der Waals surface area contributed by atoms with Crippen molar-refractivity contribution >= 4 is 0 Å². The second kappa shape index (κ2) is 5.33. The Bertz CT molecular complexity index is 453. The van der Waals surface area contributed by atoms with E-state index in [9.17, 15) is 0 Å². The molecule has 0 saturated heterocycles. The molecule has 0 amide bonds. The van der Waals surface area contributed by atoms with Crippen molar-refractivity contribution in [2.75, 3.05) is 0 Å². The molecule has 0 heterocycles. The van der Waals surface area contributed by atoms with E-state index in [0.29, 0.717) is 11.8 Å². The first-order valence-corrected chi connectivity index (χ1v) is 5.46. The van der Waals surface area contributed by atoms with E-state index < -0.39 is 0 Å². The fourth-order valence-corrected chi connectivity index (χ4v) is 3.17. The maximum Gasteiger partial charge on any atom is 0 e. The molecule has 0 aromatic heterocycles. The molecule has 17 heavy (non-hydrogen) atoms. The third-order valence-electron chi connectivity index (χ3n) is 3.76. The van der Waals surface area contributed by atoms with Crippen LogP contribution in [-0.4, -0.2) is 0 Å². The first-order valence-electron chi connectivity index (χ1n) is 5.46. The second-order valence-corrected chi connectivity index (χ2v) is 4.42. The summed E-state index contributed by atoms with van der Waals surface area (Å²) >= 11 is 0. The Morgan fingerprint density at radius 2 is 1.35 bits per heavy atom. The second-order valence-electron chi connectivity index (χ2n) is 4.42. The van der Waals surface area contributed by atoms with Gasteiger partial charge in [-0.1, -0.05) is 12.3 Å². The van der Waals surface area contributed by atoms with Crippen LogP contribution >= 0.6 is 0 Å². The van der Waals surface area contributed by atoms with Crippen LogP contribution in [0.1, 0.15) is 40.5 Å². The van der Waals surface area contributed by atoms with E-state index in [1.54, 1.807) is 0 Å². The SMILES string of the molecule is [Y].[Y].[c-]1cccc2c1C1CC2c2ccc[c-]c21. The van der Waals surface area contributed by atoms with Crippen LogP contribution in [0.5, 0.6) is 0 Å². The van der Waals surface area contributed by atoms with Gasteiger partial charge in [0, 0.05) is 65.4 Å². The largest absolute Gasteiger partial charge is 0.180 e. The molecule has 2 radical (unpaired) electrons. The molecule has 4 rings (SSSR count). The van der Waals surface area contributed by atoms with Crippen LogP contribution in [0.2, 0.25) is 0 Å². The van der Waals surface area contributed by atoms with Gasteiger partial charge in [0.2, 0.25) is 0 Å². The number of benzene rings is 2. The monoisotopic (exact) mass is 368 g/mol. The van der Waals surface area contributed by atoms with Gasteiger partial charge in [0.1, 0.15) is 0 Å². The number of rotatable bonds is 0. The summed E-state index contributed by atoms with van der Waals surface area (Å²) in [6.45, 7) is 0. The third kappa shape index (κ3) is 1.96. The fourth-order valence-electron chi connectivity index (χ4n) is 3.17. The minimum Gasteiger partial charge on any atom is -0.180 e. The molecule has 2 aromatic rings. The van der Waals surface area contributed by atoms with Crippen molar-refractivity contribution in [2.24, 2.45) is 0 Å². The van der Waals surface area contributed by atoms with E-state index in [-0.39, 0.29) is 65.4 Å². The van der Waals surface area contributed by atoms with Crippen molar-refractivity contribution in [3.05, 3.63) is 70.8 Å².